The van der Waals surface area contributed by atoms with Crippen LogP contribution in [0.4, 0.5) is 0 Å². The molecule has 1 saturated heterocycles. The molecule has 0 spiro atoms. The van der Waals surface area contributed by atoms with Gasteiger partial charge in [0.1, 0.15) is 0 Å². The molecule has 3 aromatic rings. The average molecular weight is 364 g/mol. The molecule has 2 aromatic heterocycles. The van der Waals surface area contributed by atoms with Crippen LogP contribution in [0.3, 0.4) is 0 Å². The van der Waals surface area contributed by atoms with Crippen LogP contribution in [0.1, 0.15) is 37.2 Å². The fraction of sp³-hybridized carbons (Fsp3) is 0.381. The maximum absolute atomic E-state index is 13.3. The minimum atomic E-state index is 0.0121. The molecule has 6 heteroatoms. The second-order valence-corrected chi connectivity index (χ2v) is 7.27. The van der Waals surface area contributed by atoms with Crippen LogP contribution in [0.25, 0.3) is 22.3 Å². The first-order chi connectivity index (χ1) is 13.0. The van der Waals surface area contributed by atoms with Crippen LogP contribution in [0.5, 0.6) is 0 Å². The molecule has 0 bridgehead atoms. The molecule has 1 aliphatic heterocycles. The van der Waals surface area contributed by atoms with Gasteiger partial charge >= 0.3 is 0 Å². The number of benzene rings is 1. The second-order valence-electron chi connectivity index (χ2n) is 7.27. The van der Waals surface area contributed by atoms with Gasteiger partial charge in [-0.1, -0.05) is 30.3 Å². The van der Waals surface area contributed by atoms with Gasteiger partial charge in [0, 0.05) is 24.7 Å². The minimum absolute atomic E-state index is 0.0121. The van der Waals surface area contributed by atoms with Gasteiger partial charge in [-0.2, -0.15) is 5.10 Å². The Bertz CT molecular complexity index is 965. The number of pyridine rings is 1. The number of rotatable bonds is 3. The lowest BCUT2D eigenvalue weighted by Gasteiger charge is -2.31. The van der Waals surface area contributed by atoms with Gasteiger partial charge in [-0.3, -0.25) is 4.79 Å². The van der Waals surface area contributed by atoms with Crippen molar-refractivity contribution < 1.29 is 9.53 Å². The molecule has 0 N–H and O–H groups in total. The third-order valence-corrected chi connectivity index (χ3v) is 4.88. The Balaban J connectivity index is 1.86. The second kappa shape index (κ2) is 7.12. The highest BCUT2D eigenvalue weighted by Crippen LogP contribution is 2.27. The summed E-state index contributed by atoms with van der Waals surface area (Å²) in [5.74, 6) is 0.0121. The molecule has 27 heavy (non-hydrogen) atoms. The van der Waals surface area contributed by atoms with Crippen molar-refractivity contribution in [2.45, 2.75) is 32.9 Å². The predicted molar refractivity (Wildman–Crippen MR) is 105 cm³/mol. The smallest absolute Gasteiger partial charge is 0.254 e. The number of hydrogen-bond donors (Lipinski definition) is 0. The van der Waals surface area contributed by atoms with E-state index in [1.165, 1.54) is 0 Å². The van der Waals surface area contributed by atoms with Crippen LogP contribution >= 0.6 is 0 Å². The molecule has 4 rings (SSSR count). The summed E-state index contributed by atoms with van der Waals surface area (Å²) in [6, 6.07) is 12.0. The largest absolute Gasteiger partial charge is 0.375 e. The van der Waals surface area contributed by atoms with Gasteiger partial charge in [-0.25, -0.2) is 9.67 Å². The van der Waals surface area contributed by atoms with E-state index < -0.39 is 0 Å². The van der Waals surface area contributed by atoms with Crippen LogP contribution in [0.2, 0.25) is 0 Å². The zero-order chi connectivity index (χ0) is 19.0. The van der Waals surface area contributed by atoms with Crippen molar-refractivity contribution in [2.24, 2.45) is 0 Å². The van der Waals surface area contributed by atoms with Gasteiger partial charge in [0.05, 0.1) is 35.6 Å². The van der Waals surface area contributed by atoms with Crippen molar-refractivity contribution in [3.8, 4) is 11.3 Å². The maximum atomic E-state index is 13.3. The SMILES string of the molecule is CC(C)n1ncc2c(C(=O)N3CCO[C@H](C)C3)cc(-c3ccccc3)nc21. The summed E-state index contributed by atoms with van der Waals surface area (Å²) in [5, 5.41) is 5.29. The van der Waals surface area contributed by atoms with E-state index >= 15 is 0 Å². The fourth-order valence-electron chi connectivity index (χ4n) is 3.50. The Morgan fingerprint density at radius 2 is 2.04 bits per heavy atom. The topological polar surface area (TPSA) is 60.2 Å². The number of amides is 1. The van der Waals surface area contributed by atoms with Crippen LogP contribution in [0.15, 0.2) is 42.6 Å². The molecule has 0 unspecified atom stereocenters. The predicted octanol–water partition coefficient (Wildman–Crippen LogP) is 3.54. The Morgan fingerprint density at radius 3 is 2.74 bits per heavy atom. The van der Waals surface area contributed by atoms with Crippen LogP contribution in [-0.4, -0.2) is 51.4 Å². The molecule has 0 radical (unpaired) electrons. The summed E-state index contributed by atoms with van der Waals surface area (Å²) < 4.78 is 7.46. The highest BCUT2D eigenvalue weighted by molar-refractivity contribution is 6.06. The average Bonchev–Trinajstić information content (AvgIpc) is 3.11. The summed E-state index contributed by atoms with van der Waals surface area (Å²) in [7, 11) is 0. The van der Waals surface area contributed by atoms with E-state index in [-0.39, 0.29) is 18.1 Å². The van der Waals surface area contributed by atoms with Crippen molar-refractivity contribution in [3.63, 3.8) is 0 Å². The lowest BCUT2D eigenvalue weighted by atomic mass is 10.1. The molecular formula is C21H24N4O2. The van der Waals surface area contributed by atoms with Gasteiger partial charge in [-0.05, 0) is 26.8 Å². The van der Waals surface area contributed by atoms with Gasteiger partial charge in [0.2, 0.25) is 0 Å². The first kappa shape index (κ1) is 17.7. The van der Waals surface area contributed by atoms with E-state index in [4.69, 9.17) is 9.72 Å². The standard InChI is InChI=1S/C21H24N4O2/c1-14(2)25-20-18(12-22-25)17(21(26)24-9-10-27-15(3)13-24)11-19(23-20)16-7-5-4-6-8-16/h4-8,11-12,14-15H,9-10,13H2,1-3H3/t15-/m1/s1. The Kier molecular flexibility index (Phi) is 4.66. The zero-order valence-electron chi connectivity index (χ0n) is 15.9. The maximum Gasteiger partial charge on any atom is 0.254 e. The van der Waals surface area contributed by atoms with Crippen LogP contribution in [-0.2, 0) is 4.74 Å². The molecule has 1 fully saturated rings. The number of ether oxygens (including phenoxy) is 1. The summed E-state index contributed by atoms with van der Waals surface area (Å²) in [6.07, 6.45) is 1.81. The van der Waals surface area contributed by atoms with Crippen LogP contribution in [0, 0.1) is 0 Å². The number of nitrogens with zero attached hydrogens (tertiary/aromatic N) is 4. The van der Waals surface area contributed by atoms with E-state index in [9.17, 15) is 4.79 Å². The number of morpholine rings is 1. The lowest BCUT2D eigenvalue weighted by molar-refractivity contribution is -0.0123. The van der Waals surface area contributed by atoms with E-state index in [1.54, 1.807) is 6.20 Å². The normalized spacial score (nSPS) is 17.6. The Hall–Kier alpha value is -2.73. The van der Waals surface area contributed by atoms with Gasteiger partial charge in [-0.15, -0.1) is 0 Å². The molecule has 6 nitrogen and oxygen atoms in total. The molecular weight excluding hydrogens is 340 g/mol. The molecule has 0 saturated carbocycles. The van der Waals surface area contributed by atoms with E-state index in [1.807, 2.05) is 52.9 Å². The van der Waals surface area contributed by atoms with Crippen molar-refractivity contribution >= 4 is 16.9 Å². The summed E-state index contributed by atoms with van der Waals surface area (Å²) in [4.78, 5) is 20.0. The minimum Gasteiger partial charge on any atom is -0.375 e. The molecule has 1 aliphatic rings. The third kappa shape index (κ3) is 3.32. The number of carbonyl (C=O) groups is 1. The van der Waals surface area contributed by atoms with Crippen molar-refractivity contribution in [2.75, 3.05) is 19.7 Å². The van der Waals surface area contributed by atoms with Gasteiger partial charge < -0.3 is 9.64 Å². The van der Waals surface area contributed by atoms with Crippen molar-refractivity contribution in [1.82, 2.24) is 19.7 Å². The summed E-state index contributed by atoms with van der Waals surface area (Å²) in [5.41, 5.74) is 3.17. The monoisotopic (exact) mass is 364 g/mol. The highest BCUT2D eigenvalue weighted by Gasteiger charge is 2.26. The lowest BCUT2D eigenvalue weighted by Crippen LogP contribution is -2.44. The fourth-order valence-corrected chi connectivity index (χ4v) is 3.50. The van der Waals surface area contributed by atoms with Gasteiger partial charge in [0.25, 0.3) is 5.91 Å². The molecule has 1 amide bonds. The number of carbonyl (C=O) groups excluding carboxylic acids is 1. The van der Waals surface area contributed by atoms with Crippen molar-refractivity contribution in [3.05, 3.63) is 48.2 Å². The Morgan fingerprint density at radius 1 is 1.26 bits per heavy atom. The molecule has 1 atom stereocenters. The number of hydrogen-bond acceptors (Lipinski definition) is 4. The van der Waals surface area contributed by atoms with Gasteiger partial charge in [0.15, 0.2) is 5.65 Å². The van der Waals surface area contributed by atoms with Crippen molar-refractivity contribution in [1.29, 1.82) is 0 Å². The first-order valence-electron chi connectivity index (χ1n) is 9.39. The molecule has 0 aliphatic carbocycles. The van der Waals surface area contributed by atoms with Crippen LogP contribution < -0.4 is 0 Å². The molecule has 140 valence electrons. The zero-order valence-corrected chi connectivity index (χ0v) is 15.9. The molecule has 1 aromatic carbocycles. The Labute approximate surface area is 158 Å². The molecule has 3 heterocycles. The van der Waals surface area contributed by atoms with E-state index in [2.05, 4.69) is 18.9 Å². The number of aromatic nitrogens is 3. The highest BCUT2D eigenvalue weighted by atomic mass is 16.5. The summed E-state index contributed by atoms with van der Waals surface area (Å²) in [6.45, 7) is 7.89. The summed E-state index contributed by atoms with van der Waals surface area (Å²) >= 11 is 0. The van der Waals surface area contributed by atoms with E-state index in [0.29, 0.717) is 25.3 Å². The quantitative estimate of drug-likeness (QED) is 0.713. The number of fused-ring (bicyclic) bond motifs is 1. The first-order valence-corrected chi connectivity index (χ1v) is 9.39. The third-order valence-electron chi connectivity index (χ3n) is 4.88. The van der Waals surface area contributed by atoms with E-state index in [0.717, 1.165) is 22.3 Å².